The van der Waals surface area contributed by atoms with Crippen molar-refractivity contribution in [2.24, 2.45) is 11.7 Å². The smallest absolute Gasteiger partial charge is 0.220 e. The molecule has 0 aliphatic rings. The molecule has 0 aliphatic carbocycles. The zero-order chi connectivity index (χ0) is 13.9. The highest BCUT2D eigenvalue weighted by molar-refractivity contribution is 5.75. The summed E-state index contributed by atoms with van der Waals surface area (Å²) in [6.07, 6.45) is 7.98. The number of rotatable bonds is 10. The van der Waals surface area contributed by atoms with Gasteiger partial charge in [-0.15, -0.1) is 5.10 Å². The lowest BCUT2D eigenvalue weighted by atomic mass is 9.96. The Labute approximate surface area is 114 Å². The highest BCUT2D eigenvalue weighted by Gasteiger charge is 2.08. The van der Waals surface area contributed by atoms with Crippen molar-refractivity contribution in [2.75, 3.05) is 13.1 Å². The minimum absolute atomic E-state index is 0.133. The molecule has 1 heterocycles. The number of amides is 1. The van der Waals surface area contributed by atoms with E-state index in [0.717, 1.165) is 32.2 Å². The van der Waals surface area contributed by atoms with Crippen molar-refractivity contribution in [3.63, 3.8) is 0 Å². The molecule has 19 heavy (non-hydrogen) atoms. The average molecular weight is 267 g/mol. The Morgan fingerprint density at radius 2 is 2.32 bits per heavy atom. The number of hydrogen-bond acceptors (Lipinski definition) is 4. The second-order valence-electron chi connectivity index (χ2n) is 4.76. The van der Waals surface area contributed by atoms with Crippen molar-refractivity contribution in [3.8, 4) is 0 Å². The van der Waals surface area contributed by atoms with Gasteiger partial charge < -0.3 is 11.1 Å². The summed E-state index contributed by atoms with van der Waals surface area (Å²) in [5.74, 6) is 0.708. The molecule has 1 unspecified atom stereocenters. The predicted molar refractivity (Wildman–Crippen MR) is 74.3 cm³/mol. The van der Waals surface area contributed by atoms with E-state index in [1.807, 2.05) is 6.20 Å². The van der Waals surface area contributed by atoms with Crippen LogP contribution in [0.2, 0.25) is 0 Å². The summed E-state index contributed by atoms with van der Waals surface area (Å²) in [5.41, 5.74) is 5.54. The first-order valence-electron chi connectivity index (χ1n) is 7.07. The molecule has 0 aliphatic heterocycles. The van der Waals surface area contributed by atoms with Crippen molar-refractivity contribution in [3.05, 3.63) is 12.4 Å². The van der Waals surface area contributed by atoms with Gasteiger partial charge in [-0.05, 0) is 31.7 Å². The first-order chi connectivity index (χ1) is 9.26. The van der Waals surface area contributed by atoms with Gasteiger partial charge in [0.15, 0.2) is 0 Å². The molecule has 0 aromatic carbocycles. The molecule has 6 nitrogen and oxygen atoms in total. The van der Waals surface area contributed by atoms with E-state index in [4.69, 9.17) is 5.73 Å². The number of nitrogens with two attached hydrogens (primary N) is 1. The largest absolute Gasteiger partial charge is 0.356 e. The highest BCUT2D eigenvalue weighted by atomic mass is 16.1. The quantitative estimate of drug-likeness (QED) is 0.618. The molecule has 6 heteroatoms. The molecule has 0 saturated heterocycles. The van der Waals surface area contributed by atoms with Crippen molar-refractivity contribution in [2.45, 2.75) is 45.6 Å². The minimum Gasteiger partial charge on any atom is -0.356 e. The van der Waals surface area contributed by atoms with Crippen LogP contribution in [0.1, 0.15) is 39.0 Å². The van der Waals surface area contributed by atoms with Gasteiger partial charge in [0.2, 0.25) is 5.91 Å². The van der Waals surface area contributed by atoms with E-state index >= 15 is 0 Å². The van der Waals surface area contributed by atoms with Crippen LogP contribution in [0.25, 0.3) is 0 Å². The van der Waals surface area contributed by atoms with Gasteiger partial charge in [-0.2, -0.15) is 0 Å². The maximum atomic E-state index is 11.7. The molecule has 0 radical (unpaired) electrons. The number of carbonyl (C=O) groups excluding carboxylic acids is 1. The summed E-state index contributed by atoms with van der Waals surface area (Å²) in [4.78, 5) is 11.7. The summed E-state index contributed by atoms with van der Waals surface area (Å²) in [7, 11) is 0. The molecule has 0 fully saturated rings. The lowest BCUT2D eigenvalue weighted by molar-refractivity contribution is -0.121. The Balaban J connectivity index is 2.04. The van der Waals surface area contributed by atoms with Gasteiger partial charge >= 0.3 is 0 Å². The van der Waals surface area contributed by atoms with Crippen LogP contribution in [0.5, 0.6) is 0 Å². The van der Waals surface area contributed by atoms with Crippen LogP contribution in [0.4, 0.5) is 0 Å². The van der Waals surface area contributed by atoms with Crippen LogP contribution >= 0.6 is 0 Å². The van der Waals surface area contributed by atoms with Crippen LogP contribution < -0.4 is 11.1 Å². The maximum absolute atomic E-state index is 11.7. The first kappa shape index (κ1) is 15.6. The van der Waals surface area contributed by atoms with Gasteiger partial charge in [0.25, 0.3) is 0 Å². The molecule has 0 saturated carbocycles. The second kappa shape index (κ2) is 9.49. The number of aromatic nitrogens is 3. The van der Waals surface area contributed by atoms with Gasteiger partial charge in [0.05, 0.1) is 6.20 Å². The fourth-order valence-electron chi connectivity index (χ4n) is 2.03. The molecule has 3 N–H and O–H groups in total. The van der Waals surface area contributed by atoms with E-state index in [2.05, 4.69) is 22.6 Å². The Kier molecular flexibility index (Phi) is 7.81. The van der Waals surface area contributed by atoms with E-state index in [-0.39, 0.29) is 5.91 Å². The average Bonchev–Trinajstić information content (AvgIpc) is 2.92. The van der Waals surface area contributed by atoms with Crippen molar-refractivity contribution in [1.82, 2.24) is 20.3 Å². The van der Waals surface area contributed by atoms with Crippen LogP contribution in [-0.4, -0.2) is 34.0 Å². The molecule has 1 atom stereocenters. The molecule has 108 valence electrons. The Morgan fingerprint density at radius 3 is 2.95 bits per heavy atom. The Bertz CT molecular complexity index is 339. The third-order valence-corrected chi connectivity index (χ3v) is 3.29. The SMILES string of the molecule is CCC(CCN)CCC(=O)NCCCn1ccnn1. The fraction of sp³-hybridized carbons (Fsp3) is 0.769. The molecular weight excluding hydrogens is 242 g/mol. The van der Waals surface area contributed by atoms with Crippen LogP contribution in [0.3, 0.4) is 0 Å². The molecule has 1 rings (SSSR count). The van der Waals surface area contributed by atoms with Crippen LogP contribution in [0.15, 0.2) is 12.4 Å². The molecule has 1 aromatic rings. The molecule has 1 aromatic heterocycles. The third-order valence-electron chi connectivity index (χ3n) is 3.29. The number of nitrogens with zero attached hydrogens (tertiary/aromatic N) is 3. The molecular formula is C13H25N5O. The number of hydrogen-bond donors (Lipinski definition) is 2. The highest BCUT2D eigenvalue weighted by Crippen LogP contribution is 2.14. The summed E-state index contributed by atoms with van der Waals surface area (Å²) < 4.78 is 1.76. The normalized spacial score (nSPS) is 12.3. The van der Waals surface area contributed by atoms with Crippen LogP contribution in [0, 0.1) is 5.92 Å². The van der Waals surface area contributed by atoms with Gasteiger partial charge in [-0.3, -0.25) is 9.48 Å². The summed E-state index contributed by atoms with van der Waals surface area (Å²) >= 11 is 0. The van der Waals surface area contributed by atoms with Gasteiger partial charge in [-0.25, -0.2) is 0 Å². The number of aryl methyl sites for hydroxylation is 1. The molecule has 0 bridgehead atoms. The zero-order valence-corrected chi connectivity index (χ0v) is 11.7. The van der Waals surface area contributed by atoms with E-state index < -0.39 is 0 Å². The molecule has 0 spiro atoms. The number of carbonyl (C=O) groups is 1. The van der Waals surface area contributed by atoms with Gasteiger partial charge in [0, 0.05) is 25.7 Å². The van der Waals surface area contributed by atoms with Gasteiger partial charge in [0.1, 0.15) is 0 Å². The van der Waals surface area contributed by atoms with E-state index in [9.17, 15) is 4.79 Å². The Morgan fingerprint density at radius 1 is 1.47 bits per heavy atom. The summed E-state index contributed by atoms with van der Waals surface area (Å²) in [6.45, 7) is 4.33. The van der Waals surface area contributed by atoms with Crippen molar-refractivity contribution in [1.29, 1.82) is 0 Å². The third kappa shape index (κ3) is 6.91. The standard InChI is InChI=1S/C13H25N5O/c1-2-12(6-7-14)4-5-13(19)15-8-3-10-18-11-9-16-17-18/h9,11-12H,2-8,10,14H2,1H3,(H,15,19). The second-order valence-corrected chi connectivity index (χ2v) is 4.76. The van der Waals surface area contributed by atoms with E-state index in [0.29, 0.717) is 25.4 Å². The maximum Gasteiger partial charge on any atom is 0.220 e. The summed E-state index contributed by atoms with van der Waals surface area (Å²) in [5, 5.41) is 10.5. The zero-order valence-electron chi connectivity index (χ0n) is 11.7. The number of nitrogens with one attached hydrogen (secondary N) is 1. The topological polar surface area (TPSA) is 85.8 Å². The van der Waals surface area contributed by atoms with Crippen molar-refractivity contribution < 1.29 is 4.79 Å². The van der Waals surface area contributed by atoms with Crippen molar-refractivity contribution >= 4 is 5.91 Å². The molecule has 1 amide bonds. The lowest BCUT2D eigenvalue weighted by Gasteiger charge is -2.13. The van der Waals surface area contributed by atoms with Crippen LogP contribution in [-0.2, 0) is 11.3 Å². The van der Waals surface area contributed by atoms with Gasteiger partial charge in [-0.1, -0.05) is 18.6 Å². The minimum atomic E-state index is 0.133. The van der Waals surface area contributed by atoms with E-state index in [1.54, 1.807) is 10.9 Å². The predicted octanol–water partition coefficient (Wildman–Crippen LogP) is 0.940. The fourth-order valence-corrected chi connectivity index (χ4v) is 2.03. The van der Waals surface area contributed by atoms with E-state index in [1.165, 1.54) is 0 Å². The Hall–Kier alpha value is -1.43. The first-order valence-corrected chi connectivity index (χ1v) is 7.07. The lowest BCUT2D eigenvalue weighted by Crippen LogP contribution is -2.25. The summed E-state index contributed by atoms with van der Waals surface area (Å²) in [6, 6.07) is 0. The monoisotopic (exact) mass is 267 g/mol.